The van der Waals surface area contributed by atoms with E-state index in [-0.39, 0.29) is 0 Å². The lowest BCUT2D eigenvalue weighted by atomic mass is 10.5. The van der Waals surface area contributed by atoms with Gasteiger partial charge in [-0.15, -0.1) is 0 Å². The van der Waals surface area contributed by atoms with Gasteiger partial charge in [-0.3, -0.25) is 5.09 Å². The largest absolute Gasteiger partial charge is 0.338 e. The Labute approximate surface area is 61.8 Å². The maximum atomic E-state index is 8.90. The smallest absolute Gasteiger partial charge is 0.253 e. The molecule has 0 aromatic rings. The molecule has 2 N–H and O–H groups in total. The highest BCUT2D eigenvalue weighted by Crippen LogP contribution is 2.24. The Bertz CT molecular complexity index is 115. The van der Waals surface area contributed by atoms with E-state index in [9.17, 15) is 0 Å². The molecule has 0 aromatic heterocycles. The van der Waals surface area contributed by atoms with Gasteiger partial charge in [-0.1, -0.05) is 6.92 Å². The van der Waals surface area contributed by atoms with Crippen LogP contribution in [0.5, 0.6) is 0 Å². The number of rotatable bonds is 5. The fourth-order valence-corrected chi connectivity index (χ4v) is 0.985. The highest BCUT2D eigenvalue weighted by molar-refractivity contribution is 7.43. The molecule has 0 saturated heterocycles. The minimum Gasteiger partial charge on any atom is -0.338 e. The van der Waals surface area contributed by atoms with Crippen molar-refractivity contribution in [3.8, 4) is 6.07 Å². The molecule has 0 rings (SSSR count). The van der Waals surface area contributed by atoms with Crippen molar-refractivity contribution in [2.45, 2.75) is 13.3 Å². The minimum absolute atomic E-state index is 0.297. The predicted octanol–water partition coefficient (Wildman–Crippen LogP) is 0.745. The number of nitrogens with one attached hydrogen (secondary N) is 1. The Kier molecular flexibility index (Phi) is 6.78. The molecule has 58 valence electrons. The van der Waals surface area contributed by atoms with Gasteiger partial charge in [0.15, 0.2) is 0 Å². The summed E-state index contributed by atoms with van der Waals surface area (Å²) in [5, 5.41) is 10.8. The Morgan fingerprint density at radius 2 is 2.50 bits per heavy atom. The van der Waals surface area contributed by atoms with Gasteiger partial charge in [0, 0.05) is 6.54 Å². The molecule has 10 heavy (non-hydrogen) atoms. The van der Waals surface area contributed by atoms with Crippen LogP contribution in [0, 0.1) is 11.3 Å². The van der Waals surface area contributed by atoms with Crippen LogP contribution < -0.4 is 5.09 Å². The quantitative estimate of drug-likeness (QED) is 0.462. The third-order valence-corrected chi connectivity index (χ3v) is 1.73. The topological polar surface area (TPSA) is 65.3 Å². The van der Waals surface area contributed by atoms with E-state index in [1.54, 1.807) is 0 Å². The first-order valence-corrected chi connectivity index (χ1v) is 4.25. The maximum Gasteiger partial charge on any atom is 0.253 e. The van der Waals surface area contributed by atoms with E-state index >= 15 is 0 Å². The molecule has 0 spiro atoms. The zero-order valence-electron chi connectivity index (χ0n) is 5.87. The van der Waals surface area contributed by atoms with E-state index in [4.69, 9.17) is 14.7 Å². The molecular formula is C5H11N2O2P. The first kappa shape index (κ1) is 9.80. The van der Waals surface area contributed by atoms with Crippen molar-refractivity contribution in [1.82, 2.24) is 5.09 Å². The van der Waals surface area contributed by atoms with Crippen LogP contribution in [0.1, 0.15) is 13.3 Å². The van der Waals surface area contributed by atoms with E-state index in [2.05, 4.69) is 5.09 Å². The normalized spacial score (nSPS) is 12.5. The SMILES string of the molecule is CCNP(O)OCCC#N. The summed E-state index contributed by atoms with van der Waals surface area (Å²) in [5.74, 6) is 0. The number of nitriles is 1. The van der Waals surface area contributed by atoms with Crippen LogP contribution in [0.15, 0.2) is 0 Å². The molecule has 5 heteroatoms. The summed E-state index contributed by atoms with van der Waals surface area (Å²) in [5.41, 5.74) is 0. The summed E-state index contributed by atoms with van der Waals surface area (Å²) in [6.07, 6.45) is 0.324. The Hall–Kier alpha value is -0.200. The molecule has 0 fully saturated rings. The van der Waals surface area contributed by atoms with Crippen molar-refractivity contribution < 1.29 is 9.42 Å². The van der Waals surface area contributed by atoms with E-state index in [0.29, 0.717) is 19.6 Å². The molecule has 0 bridgehead atoms. The molecule has 0 amide bonds. The fraction of sp³-hybridized carbons (Fsp3) is 0.800. The zero-order valence-corrected chi connectivity index (χ0v) is 6.77. The van der Waals surface area contributed by atoms with Gasteiger partial charge in [-0.2, -0.15) is 5.26 Å². The first-order chi connectivity index (χ1) is 4.81. The van der Waals surface area contributed by atoms with E-state index in [1.807, 2.05) is 13.0 Å². The summed E-state index contributed by atoms with van der Waals surface area (Å²) >= 11 is 0. The van der Waals surface area contributed by atoms with Crippen LogP contribution in [-0.4, -0.2) is 18.0 Å². The molecule has 0 aromatic carbocycles. The van der Waals surface area contributed by atoms with E-state index < -0.39 is 8.53 Å². The Morgan fingerprint density at radius 3 is 3.00 bits per heavy atom. The van der Waals surface area contributed by atoms with Gasteiger partial charge in [0.05, 0.1) is 19.1 Å². The lowest BCUT2D eigenvalue weighted by Crippen LogP contribution is -2.07. The van der Waals surface area contributed by atoms with Crippen molar-refractivity contribution in [3.63, 3.8) is 0 Å². The molecule has 0 aliphatic rings. The van der Waals surface area contributed by atoms with Crippen molar-refractivity contribution in [1.29, 1.82) is 5.26 Å². The van der Waals surface area contributed by atoms with Gasteiger partial charge < -0.3 is 9.42 Å². The van der Waals surface area contributed by atoms with Gasteiger partial charge in [0.2, 0.25) is 0 Å². The highest BCUT2D eigenvalue weighted by atomic mass is 31.2. The zero-order chi connectivity index (χ0) is 7.82. The fourth-order valence-electron chi connectivity index (χ4n) is 0.359. The average molecular weight is 162 g/mol. The molecular weight excluding hydrogens is 151 g/mol. The number of hydrogen-bond donors (Lipinski definition) is 2. The molecule has 0 aliphatic heterocycles. The summed E-state index contributed by atoms with van der Waals surface area (Å²) in [6, 6.07) is 1.91. The van der Waals surface area contributed by atoms with Crippen LogP contribution in [0.25, 0.3) is 0 Å². The third-order valence-electron chi connectivity index (χ3n) is 0.721. The second kappa shape index (κ2) is 6.91. The van der Waals surface area contributed by atoms with Crippen LogP contribution >= 0.6 is 8.53 Å². The lowest BCUT2D eigenvalue weighted by molar-refractivity contribution is 0.310. The van der Waals surface area contributed by atoms with Gasteiger partial charge in [0.1, 0.15) is 0 Å². The lowest BCUT2D eigenvalue weighted by Gasteiger charge is -2.07. The van der Waals surface area contributed by atoms with Crippen molar-refractivity contribution in [2.24, 2.45) is 0 Å². The minimum atomic E-state index is -1.49. The van der Waals surface area contributed by atoms with Crippen LogP contribution in [-0.2, 0) is 4.52 Å². The van der Waals surface area contributed by atoms with Gasteiger partial charge in [-0.25, -0.2) is 0 Å². The van der Waals surface area contributed by atoms with Crippen LogP contribution in [0.4, 0.5) is 0 Å². The molecule has 4 nitrogen and oxygen atoms in total. The highest BCUT2D eigenvalue weighted by Gasteiger charge is 2.00. The second-order valence-electron chi connectivity index (χ2n) is 1.53. The molecule has 0 saturated carbocycles. The first-order valence-electron chi connectivity index (χ1n) is 3.03. The van der Waals surface area contributed by atoms with Gasteiger partial charge in [-0.05, 0) is 0 Å². The Morgan fingerprint density at radius 1 is 1.80 bits per heavy atom. The summed E-state index contributed by atoms with van der Waals surface area (Å²) in [6.45, 7) is 2.85. The van der Waals surface area contributed by atoms with E-state index in [0.717, 1.165) is 0 Å². The molecule has 0 aliphatic carbocycles. The van der Waals surface area contributed by atoms with Gasteiger partial charge >= 0.3 is 0 Å². The molecule has 1 atom stereocenters. The maximum absolute atomic E-state index is 8.90. The molecule has 1 unspecified atom stereocenters. The van der Waals surface area contributed by atoms with Crippen LogP contribution in [0.3, 0.4) is 0 Å². The molecule has 0 radical (unpaired) electrons. The van der Waals surface area contributed by atoms with Crippen LogP contribution in [0.2, 0.25) is 0 Å². The van der Waals surface area contributed by atoms with Gasteiger partial charge in [0.25, 0.3) is 8.53 Å². The van der Waals surface area contributed by atoms with Crippen molar-refractivity contribution >= 4 is 8.53 Å². The predicted molar refractivity (Wildman–Crippen MR) is 39.0 cm³/mol. The van der Waals surface area contributed by atoms with Crippen molar-refractivity contribution in [3.05, 3.63) is 0 Å². The molecule has 0 heterocycles. The van der Waals surface area contributed by atoms with E-state index in [1.165, 1.54) is 0 Å². The average Bonchev–Trinajstić information content (AvgIpc) is 1.89. The summed E-state index contributed by atoms with van der Waals surface area (Å²) in [4.78, 5) is 8.90. The summed E-state index contributed by atoms with van der Waals surface area (Å²) in [7, 11) is -1.49. The van der Waals surface area contributed by atoms with Crippen molar-refractivity contribution in [2.75, 3.05) is 13.2 Å². The summed E-state index contributed by atoms with van der Waals surface area (Å²) < 4.78 is 4.81. The number of nitrogens with zero attached hydrogens (tertiary/aromatic N) is 1. The standard InChI is InChI=1S/C5H11N2O2P/c1-2-7-10(8)9-5-3-4-6/h7-8H,2-3,5H2,1H3. The monoisotopic (exact) mass is 162 g/mol. The number of hydrogen-bond acceptors (Lipinski definition) is 4. The Balaban J connectivity index is 3.06. The second-order valence-corrected chi connectivity index (χ2v) is 2.65. The third kappa shape index (κ3) is 5.93.